The third kappa shape index (κ3) is 4.62. The summed E-state index contributed by atoms with van der Waals surface area (Å²) in [6.45, 7) is -0.808. The number of imidazole rings is 2. The minimum Gasteiger partial charge on any atom is -0.394 e. The quantitative estimate of drug-likeness (QED) is 0.178. The Morgan fingerprint density at radius 1 is 1.18 bits per heavy atom. The van der Waals surface area contributed by atoms with E-state index >= 15 is 0 Å². The molecule has 208 valence electrons. The van der Waals surface area contributed by atoms with E-state index in [1.807, 2.05) is 0 Å². The van der Waals surface area contributed by atoms with Crippen molar-refractivity contribution in [2.24, 2.45) is 0 Å². The largest absolute Gasteiger partial charge is 0.394 e. The van der Waals surface area contributed by atoms with Crippen molar-refractivity contribution in [3.8, 4) is 0 Å². The first-order valence-electron chi connectivity index (χ1n) is 12.0. The lowest BCUT2D eigenvalue weighted by Gasteiger charge is -2.23. The summed E-state index contributed by atoms with van der Waals surface area (Å²) < 4.78 is 39.6. The van der Waals surface area contributed by atoms with E-state index in [1.54, 1.807) is 0 Å². The molecule has 0 amide bonds. The molecular formula is C21H25N8O9P. The van der Waals surface area contributed by atoms with Gasteiger partial charge in [-0.05, 0) is 0 Å². The molecule has 18 heteroatoms. The molecule has 6 heterocycles. The van der Waals surface area contributed by atoms with Crippen LogP contribution in [0.15, 0.2) is 42.0 Å². The maximum atomic E-state index is 12.8. The number of hydrogen-bond acceptors (Lipinski definition) is 14. The molecule has 4 aromatic rings. The molecule has 17 nitrogen and oxygen atoms in total. The smallest absolute Gasteiger partial charge is 0.319 e. The number of hydrogen-bond donors (Lipinski definition) is 4. The van der Waals surface area contributed by atoms with Crippen LogP contribution < -0.4 is 11.3 Å². The Bertz CT molecular complexity index is 1580. The zero-order valence-electron chi connectivity index (χ0n) is 20.1. The summed E-state index contributed by atoms with van der Waals surface area (Å²) in [7, 11) is -3.26. The van der Waals surface area contributed by atoms with Crippen LogP contribution in [0.5, 0.6) is 0 Å². The molecule has 4 aromatic heterocycles. The average molecular weight is 564 g/mol. The van der Waals surface area contributed by atoms with Crippen molar-refractivity contribution in [1.29, 1.82) is 0 Å². The minimum absolute atomic E-state index is 0.195. The first-order valence-corrected chi connectivity index (χ1v) is 13.2. The lowest BCUT2D eigenvalue weighted by atomic mass is 10.1. The highest BCUT2D eigenvalue weighted by atomic mass is 31.1. The van der Waals surface area contributed by atoms with E-state index in [-0.39, 0.29) is 30.2 Å². The van der Waals surface area contributed by atoms with E-state index in [4.69, 9.17) is 24.3 Å². The van der Waals surface area contributed by atoms with E-state index < -0.39 is 57.7 Å². The monoisotopic (exact) mass is 564 g/mol. The van der Waals surface area contributed by atoms with Crippen LogP contribution in [0.25, 0.3) is 11.4 Å². The van der Waals surface area contributed by atoms with Crippen molar-refractivity contribution < 1.29 is 38.4 Å². The van der Waals surface area contributed by atoms with Crippen molar-refractivity contribution in [3.05, 3.63) is 53.2 Å². The van der Waals surface area contributed by atoms with Gasteiger partial charge < -0.3 is 35.1 Å². The Morgan fingerprint density at radius 2 is 2.03 bits per heavy atom. The van der Waals surface area contributed by atoms with Gasteiger partial charge in [-0.1, -0.05) is 0 Å². The predicted octanol–water partition coefficient (Wildman–Crippen LogP) is -1.55. The van der Waals surface area contributed by atoms with Gasteiger partial charge in [0.25, 0.3) is 5.56 Å². The third-order valence-corrected chi connectivity index (χ3v) is 7.61. The van der Waals surface area contributed by atoms with E-state index in [2.05, 4.69) is 20.1 Å². The number of aliphatic hydroxyl groups excluding tert-OH is 3. The van der Waals surface area contributed by atoms with Crippen LogP contribution in [0.2, 0.25) is 0 Å². The van der Waals surface area contributed by atoms with Crippen LogP contribution in [0.1, 0.15) is 24.4 Å². The van der Waals surface area contributed by atoms with Crippen LogP contribution in [-0.4, -0.2) is 92.6 Å². The second-order valence-electron chi connectivity index (χ2n) is 9.07. The Morgan fingerprint density at radius 3 is 2.85 bits per heavy atom. The molecule has 0 spiro atoms. The summed E-state index contributed by atoms with van der Waals surface area (Å²) in [5.41, 5.74) is 6.40. The predicted molar refractivity (Wildman–Crippen MR) is 130 cm³/mol. The molecule has 0 radical (unpaired) electrons. The van der Waals surface area contributed by atoms with Crippen LogP contribution >= 0.6 is 8.25 Å². The molecule has 2 aliphatic rings. The van der Waals surface area contributed by atoms with Gasteiger partial charge in [-0.2, -0.15) is 5.10 Å². The number of fused-ring (bicyclic) bond motifs is 2. The number of aromatic nitrogens is 7. The van der Waals surface area contributed by atoms with E-state index in [0.29, 0.717) is 11.3 Å². The molecule has 5 N–H and O–H groups in total. The average Bonchev–Trinajstić information content (AvgIpc) is 3.70. The van der Waals surface area contributed by atoms with Crippen LogP contribution in [0.3, 0.4) is 0 Å². The van der Waals surface area contributed by atoms with E-state index in [9.17, 15) is 24.7 Å². The number of rotatable bonds is 8. The van der Waals surface area contributed by atoms with Gasteiger partial charge in [0.15, 0.2) is 17.7 Å². The minimum atomic E-state index is -3.26. The van der Waals surface area contributed by atoms with Gasteiger partial charge in [0, 0.05) is 31.1 Å². The summed E-state index contributed by atoms with van der Waals surface area (Å²) in [6, 6.07) is 1.27. The van der Waals surface area contributed by atoms with Gasteiger partial charge in [0.05, 0.1) is 31.2 Å². The van der Waals surface area contributed by atoms with E-state index in [0.717, 1.165) is 0 Å². The molecule has 2 aliphatic heterocycles. The number of aliphatic hydroxyl groups is 3. The third-order valence-electron chi connectivity index (χ3n) is 6.74. The van der Waals surface area contributed by atoms with Crippen LogP contribution in [-0.2, 0) is 23.1 Å². The Kier molecular flexibility index (Phi) is 6.90. The molecule has 2 fully saturated rings. The maximum Gasteiger partial charge on any atom is 0.319 e. The van der Waals surface area contributed by atoms with Crippen molar-refractivity contribution >= 4 is 25.5 Å². The fourth-order valence-corrected chi connectivity index (χ4v) is 5.65. The van der Waals surface area contributed by atoms with Crippen molar-refractivity contribution in [3.63, 3.8) is 0 Å². The van der Waals surface area contributed by atoms with E-state index in [1.165, 1.54) is 50.7 Å². The lowest BCUT2D eigenvalue weighted by molar-refractivity contribution is -0.0508. The molecule has 0 aliphatic carbocycles. The topological polar surface area (TPSA) is 223 Å². The molecule has 0 aromatic carbocycles. The molecule has 6 rings (SSSR count). The van der Waals surface area contributed by atoms with Crippen molar-refractivity contribution in [2.45, 2.75) is 49.3 Å². The van der Waals surface area contributed by atoms with Gasteiger partial charge in [0.2, 0.25) is 5.78 Å². The first kappa shape index (κ1) is 26.0. The molecule has 39 heavy (non-hydrogen) atoms. The maximum absolute atomic E-state index is 12.8. The fourth-order valence-electron chi connectivity index (χ4n) is 4.80. The Labute approximate surface area is 219 Å². The number of nitrogens with zero attached hydrogens (tertiary/aromatic N) is 7. The van der Waals surface area contributed by atoms with Gasteiger partial charge in [-0.25, -0.2) is 19.5 Å². The lowest BCUT2D eigenvalue weighted by Crippen LogP contribution is -2.35. The van der Waals surface area contributed by atoms with Crippen molar-refractivity contribution in [2.75, 3.05) is 18.9 Å². The van der Waals surface area contributed by atoms with Gasteiger partial charge in [0.1, 0.15) is 36.8 Å². The highest BCUT2D eigenvalue weighted by Gasteiger charge is 2.47. The summed E-state index contributed by atoms with van der Waals surface area (Å²) in [6.07, 6.45) is 0.184. The number of ether oxygens (including phenoxy) is 2. The van der Waals surface area contributed by atoms with Gasteiger partial charge in [-0.15, -0.1) is 0 Å². The van der Waals surface area contributed by atoms with Crippen LogP contribution in [0, 0.1) is 0 Å². The highest BCUT2D eigenvalue weighted by molar-refractivity contribution is 7.33. The molecule has 1 unspecified atom stereocenters. The Hall–Kier alpha value is -3.28. The summed E-state index contributed by atoms with van der Waals surface area (Å²) in [5, 5.41) is 35.0. The Balaban J connectivity index is 1.13. The zero-order valence-corrected chi connectivity index (χ0v) is 21.1. The highest BCUT2D eigenvalue weighted by Crippen LogP contribution is 2.40. The van der Waals surface area contributed by atoms with Crippen LogP contribution in [0.4, 0.5) is 5.82 Å². The van der Waals surface area contributed by atoms with Crippen molar-refractivity contribution in [1.82, 2.24) is 33.5 Å². The molecule has 0 saturated carbocycles. The molecule has 2 saturated heterocycles. The summed E-state index contributed by atoms with van der Waals surface area (Å²) >= 11 is 0. The fraction of sp³-hybridized carbons (Fsp3) is 0.476. The number of nitrogens with two attached hydrogens (primary N) is 1. The second kappa shape index (κ2) is 10.4. The SMILES string of the molecule is Nc1ncnn2c([C@H]3C[C@H](O)[C@@H](CO[PH](=O)O[C@@H]4[C@H](O)[C@@H](CO)O[C@H]4n4ccc(=O)n5ccnc45)O3)cnc12. The number of nitrogen functional groups attached to an aromatic ring is 1. The number of anilines is 1. The summed E-state index contributed by atoms with van der Waals surface area (Å²) in [5.74, 6) is 0.390. The molecular weight excluding hydrogens is 539 g/mol. The van der Waals surface area contributed by atoms with Gasteiger partial charge >= 0.3 is 8.25 Å². The standard InChI is InChI=1S/C21H25N8O9P/c22-18-19-24-6-10(29(19)26-9-25-18)12-5-11(31)14(36-12)8-35-39(34)38-17-16(33)13(7-30)37-20(17)28-3-1-15(32)27-4-2-23-21(27)28/h1-4,6,9,11-14,16-17,20,30-31,33,39H,5,7-8H2,(H2,22,25,26)/t11-,12+,13+,14+,16+,17+,20+/m0/s1. The molecule has 8 atom stereocenters. The van der Waals surface area contributed by atoms with Gasteiger partial charge in [-0.3, -0.25) is 22.9 Å². The summed E-state index contributed by atoms with van der Waals surface area (Å²) in [4.78, 5) is 24.3. The molecule has 0 bridgehead atoms. The first-order chi connectivity index (χ1) is 18.9. The zero-order chi connectivity index (χ0) is 27.3. The normalized spacial score (nSPS) is 30.0. The second-order valence-corrected chi connectivity index (χ2v) is 10.1.